The molecule has 1 unspecified atom stereocenters. The molecule has 5 heteroatoms. The zero-order valence-electron chi connectivity index (χ0n) is 16.6. The molecule has 0 amide bonds. The summed E-state index contributed by atoms with van der Waals surface area (Å²) >= 11 is 6.22. The van der Waals surface area contributed by atoms with Crippen LogP contribution in [0.15, 0.2) is 36.4 Å². The molecule has 0 saturated heterocycles. The Kier molecular flexibility index (Phi) is 5.72. The molecule has 0 spiro atoms. The maximum atomic E-state index is 6.74. The van der Waals surface area contributed by atoms with Crippen molar-refractivity contribution in [1.29, 1.82) is 0 Å². The molecule has 2 aromatic carbocycles. The van der Waals surface area contributed by atoms with Crippen LogP contribution in [0.2, 0.25) is 5.02 Å². The molecule has 1 aliphatic rings. The summed E-state index contributed by atoms with van der Waals surface area (Å²) < 4.78 is 5.45. The van der Waals surface area contributed by atoms with E-state index in [-0.39, 0.29) is 6.04 Å². The molecule has 4 nitrogen and oxygen atoms in total. The highest BCUT2D eigenvalue weighted by Gasteiger charge is 2.23. The van der Waals surface area contributed by atoms with E-state index in [4.69, 9.17) is 27.1 Å². The highest BCUT2D eigenvalue weighted by molar-refractivity contribution is 6.31. The summed E-state index contributed by atoms with van der Waals surface area (Å²) in [6.45, 7) is 2.30. The first-order valence-corrected chi connectivity index (χ1v) is 10.4. The van der Waals surface area contributed by atoms with Crippen molar-refractivity contribution in [3.05, 3.63) is 47.0 Å². The maximum Gasteiger partial charge on any atom is 0.119 e. The molecule has 1 fully saturated rings. The molecule has 0 bridgehead atoms. The van der Waals surface area contributed by atoms with Crippen LogP contribution in [0.5, 0.6) is 5.75 Å². The summed E-state index contributed by atoms with van der Waals surface area (Å²) in [6.07, 6.45) is 4.79. The van der Waals surface area contributed by atoms with E-state index < -0.39 is 0 Å². The second-order valence-corrected chi connectivity index (χ2v) is 8.46. The largest absolute Gasteiger partial charge is 0.497 e. The van der Waals surface area contributed by atoms with Gasteiger partial charge in [0.25, 0.3) is 0 Å². The average molecular weight is 398 g/mol. The van der Waals surface area contributed by atoms with Crippen molar-refractivity contribution in [3.8, 4) is 5.75 Å². The smallest absolute Gasteiger partial charge is 0.119 e. The first-order chi connectivity index (χ1) is 13.5. The van der Waals surface area contributed by atoms with Crippen molar-refractivity contribution in [1.82, 2.24) is 9.88 Å². The Morgan fingerprint density at radius 3 is 2.75 bits per heavy atom. The molecule has 1 saturated carbocycles. The fourth-order valence-electron chi connectivity index (χ4n) is 4.01. The van der Waals surface area contributed by atoms with Crippen LogP contribution >= 0.6 is 11.6 Å². The van der Waals surface area contributed by atoms with E-state index >= 15 is 0 Å². The van der Waals surface area contributed by atoms with E-state index in [0.717, 1.165) is 58.4 Å². The van der Waals surface area contributed by atoms with E-state index in [9.17, 15) is 0 Å². The SMILES string of the molecule is COc1ccc2nc3cc(Cl)ccc3c(C(N)CCCN(C)CC3CC3)c2c1. The quantitative estimate of drug-likeness (QED) is 0.532. The summed E-state index contributed by atoms with van der Waals surface area (Å²) in [4.78, 5) is 7.24. The van der Waals surface area contributed by atoms with Crippen molar-refractivity contribution in [3.63, 3.8) is 0 Å². The first-order valence-electron chi connectivity index (χ1n) is 10.1. The fourth-order valence-corrected chi connectivity index (χ4v) is 4.18. The molecular weight excluding hydrogens is 370 g/mol. The van der Waals surface area contributed by atoms with Crippen molar-refractivity contribution in [2.24, 2.45) is 11.7 Å². The van der Waals surface area contributed by atoms with Crippen LogP contribution < -0.4 is 10.5 Å². The molecule has 148 valence electrons. The number of fused-ring (bicyclic) bond motifs is 2. The van der Waals surface area contributed by atoms with Gasteiger partial charge in [0.15, 0.2) is 0 Å². The molecular formula is C23H28ClN3O. The van der Waals surface area contributed by atoms with Gasteiger partial charge in [0, 0.05) is 28.4 Å². The van der Waals surface area contributed by atoms with Crippen molar-refractivity contribution >= 4 is 33.4 Å². The van der Waals surface area contributed by atoms with Crippen molar-refractivity contribution < 1.29 is 4.74 Å². The topological polar surface area (TPSA) is 51.4 Å². The van der Waals surface area contributed by atoms with Gasteiger partial charge < -0.3 is 15.4 Å². The van der Waals surface area contributed by atoms with Gasteiger partial charge in [-0.05, 0) is 81.1 Å². The van der Waals surface area contributed by atoms with Gasteiger partial charge in [-0.2, -0.15) is 0 Å². The lowest BCUT2D eigenvalue weighted by Crippen LogP contribution is -2.23. The summed E-state index contributed by atoms with van der Waals surface area (Å²) in [5, 5.41) is 2.83. The third-order valence-electron chi connectivity index (χ3n) is 5.68. The predicted molar refractivity (Wildman–Crippen MR) is 117 cm³/mol. The standard InChI is InChI=1S/C23H28ClN3O/c1-27(14-15-5-6-15)11-3-4-20(25)23-18-9-7-16(24)12-22(18)26-21-10-8-17(28-2)13-19(21)23/h7-10,12-13,15,20H,3-6,11,14,25H2,1-2H3. The molecule has 2 N–H and O–H groups in total. The summed E-state index contributed by atoms with van der Waals surface area (Å²) in [7, 11) is 3.90. The minimum absolute atomic E-state index is 0.0596. The normalized spacial score (nSPS) is 15.5. The van der Waals surface area contributed by atoms with Crippen LogP contribution in [-0.4, -0.2) is 37.1 Å². The number of methoxy groups -OCH3 is 1. The second kappa shape index (κ2) is 8.24. The number of ether oxygens (including phenoxy) is 1. The molecule has 1 atom stereocenters. The molecule has 1 aliphatic carbocycles. The molecule has 4 rings (SSSR count). The van der Waals surface area contributed by atoms with Gasteiger partial charge in [-0.1, -0.05) is 17.7 Å². The van der Waals surface area contributed by atoms with E-state index in [0.29, 0.717) is 5.02 Å². The predicted octanol–water partition coefficient (Wildman–Crippen LogP) is 5.17. The Morgan fingerprint density at radius 1 is 1.18 bits per heavy atom. The Bertz CT molecular complexity index is 986. The highest BCUT2D eigenvalue weighted by Crippen LogP contribution is 2.35. The van der Waals surface area contributed by atoms with Crippen LogP contribution in [0.1, 0.15) is 37.3 Å². The lowest BCUT2D eigenvalue weighted by atomic mass is 9.94. The zero-order valence-corrected chi connectivity index (χ0v) is 17.4. The molecule has 0 aliphatic heterocycles. The van der Waals surface area contributed by atoms with Crippen molar-refractivity contribution in [2.75, 3.05) is 27.2 Å². The highest BCUT2D eigenvalue weighted by atomic mass is 35.5. The number of rotatable bonds is 8. The molecule has 0 radical (unpaired) electrons. The van der Waals surface area contributed by atoms with Crippen LogP contribution in [0.4, 0.5) is 0 Å². The Morgan fingerprint density at radius 2 is 2.00 bits per heavy atom. The van der Waals surface area contributed by atoms with Crippen molar-refractivity contribution in [2.45, 2.75) is 31.7 Å². The first kappa shape index (κ1) is 19.4. The third-order valence-corrected chi connectivity index (χ3v) is 5.91. The summed E-state index contributed by atoms with van der Waals surface area (Å²) in [5.41, 5.74) is 9.69. The lowest BCUT2D eigenvalue weighted by molar-refractivity contribution is 0.309. The van der Waals surface area contributed by atoms with Crippen LogP contribution in [0.25, 0.3) is 21.8 Å². The lowest BCUT2D eigenvalue weighted by Gasteiger charge is -2.20. The van der Waals surface area contributed by atoms with Gasteiger partial charge in [0.05, 0.1) is 18.1 Å². The van der Waals surface area contributed by atoms with E-state index in [1.807, 2.05) is 36.4 Å². The van der Waals surface area contributed by atoms with E-state index in [1.54, 1.807) is 7.11 Å². The number of hydrogen-bond donors (Lipinski definition) is 1. The van der Waals surface area contributed by atoms with Gasteiger partial charge in [0.2, 0.25) is 0 Å². The number of benzene rings is 2. The number of pyridine rings is 1. The van der Waals surface area contributed by atoms with E-state index in [1.165, 1.54) is 19.4 Å². The maximum absolute atomic E-state index is 6.74. The Labute approximate surface area is 171 Å². The summed E-state index contributed by atoms with van der Waals surface area (Å²) in [5.74, 6) is 1.74. The summed E-state index contributed by atoms with van der Waals surface area (Å²) in [6, 6.07) is 11.8. The number of nitrogens with zero attached hydrogens (tertiary/aromatic N) is 2. The van der Waals surface area contributed by atoms with Crippen LogP contribution in [0.3, 0.4) is 0 Å². The molecule has 1 aromatic heterocycles. The van der Waals surface area contributed by atoms with Crippen LogP contribution in [-0.2, 0) is 0 Å². The Hall–Kier alpha value is -1.88. The van der Waals surface area contributed by atoms with Gasteiger partial charge in [-0.15, -0.1) is 0 Å². The minimum Gasteiger partial charge on any atom is -0.497 e. The van der Waals surface area contributed by atoms with Crippen LogP contribution in [0, 0.1) is 5.92 Å². The molecule has 28 heavy (non-hydrogen) atoms. The molecule has 3 aromatic rings. The third kappa shape index (κ3) is 4.24. The minimum atomic E-state index is -0.0596. The number of aromatic nitrogens is 1. The van der Waals surface area contributed by atoms with Gasteiger partial charge in [-0.3, -0.25) is 0 Å². The molecule has 1 heterocycles. The zero-order chi connectivity index (χ0) is 19.7. The second-order valence-electron chi connectivity index (χ2n) is 8.02. The van der Waals surface area contributed by atoms with E-state index in [2.05, 4.69) is 11.9 Å². The van der Waals surface area contributed by atoms with Gasteiger partial charge in [-0.25, -0.2) is 4.98 Å². The van der Waals surface area contributed by atoms with Gasteiger partial charge >= 0.3 is 0 Å². The average Bonchev–Trinajstić information content (AvgIpc) is 3.49. The Balaban J connectivity index is 1.65. The fraction of sp³-hybridized carbons (Fsp3) is 0.435. The number of halogens is 1. The monoisotopic (exact) mass is 397 g/mol. The number of hydrogen-bond acceptors (Lipinski definition) is 4. The number of nitrogens with two attached hydrogens (primary N) is 1. The van der Waals surface area contributed by atoms with Gasteiger partial charge in [0.1, 0.15) is 5.75 Å².